The lowest BCUT2D eigenvalue weighted by atomic mass is 9.95. The van der Waals surface area contributed by atoms with Crippen LogP contribution in [0.15, 0.2) is 30.3 Å². The van der Waals surface area contributed by atoms with Crippen molar-refractivity contribution in [2.75, 3.05) is 7.05 Å². The van der Waals surface area contributed by atoms with Crippen molar-refractivity contribution in [1.82, 2.24) is 0 Å². The second-order valence-electron chi connectivity index (χ2n) is 5.88. The van der Waals surface area contributed by atoms with Crippen molar-refractivity contribution in [1.29, 1.82) is 0 Å². The smallest absolute Gasteiger partial charge is 0.337 e. The van der Waals surface area contributed by atoms with Crippen LogP contribution in [0, 0.1) is 0 Å². The Kier molecular flexibility index (Phi) is 3.74. The highest BCUT2D eigenvalue weighted by Crippen LogP contribution is 2.23. The van der Waals surface area contributed by atoms with Gasteiger partial charge in [-0.2, -0.15) is 0 Å². The van der Waals surface area contributed by atoms with Crippen LogP contribution in [0.2, 0.25) is 0 Å². The Balaban J connectivity index is 2.08. The summed E-state index contributed by atoms with van der Waals surface area (Å²) in [7, 11) is 2.15. The van der Waals surface area contributed by atoms with Crippen LogP contribution in [0.3, 0.4) is 0 Å². The van der Waals surface area contributed by atoms with Crippen molar-refractivity contribution in [3.63, 3.8) is 0 Å². The Bertz CT molecular complexity index is 434. The molecule has 98 valence electrons. The molecule has 0 amide bonds. The first-order valence-electron chi connectivity index (χ1n) is 6.79. The molecule has 2 rings (SSSR count). The predicted molar refractivity (Wildman–Crippen MR) is 75.2 cm³/mol. The Morgan fingerprint density at radius 3 is 2.56 bits per heavy atom. The van der Waals surface area contributed by atoms with Crippen LogP contribution in [-0.4, -0.2) is 29.2 Å². The number of nitrogens with zero attached hydrogens (tertiary/aromatic N) is 1. The molecule has 0 bridgehead atoms. The zero-order valence-corrected chi connectivity index (χ0v) is 11.9. The van der Waals surface area contributed by atoms with Crippen molar-refractivity contribution in [3.05, 3.63) is 35.9 Å². The minimum absolute atomic E-state index is 0.198. The van der Waals surface area contributed by atoms with Gasteiger partial charge in [0.05, 0.1) is 6.42 Å². The third kappa shape index (κ3) is 2.92. The highest BCUT2D eigenvalue weighted by Gasteiger charge is 2.38. The molecule has 18 heavy (non-hydrogen) atoms. The van der Waals surface area contributed by atoms with Gasteiger partial charge in [-0.3, -0.25) is 0 Å². The van der Waals surface area contributed by atoms with E-state index in [2.05, 4.69) is 62.7 Å². The summed E-state index contributed by atoms with van der Waals surface area (Å²) in [6.45, 7) is 6.74. The molecular weight excluding hydrogens is 222 g/mol. The van der Waals surface area contributed by atoms with Crippen LogP contribution in [-0.2, 0) is 11.2 Å². The number of hydrogen-bond donors (Lipinski definition) is 0. The summed E-state index contributed by atoms with van der Waals surface area (Å²) in [5.41, 5.74) is 1.57. The Morgan fingerprint density at radius 2 is 1.89 bits per heavy atom. The third-order valence-corrected chi connectivity index (χ3v) is 3.88. The summed E-state index contributed by atoms with van der Waals surface area (Å²) in [5, 5.41) is 0. The summed E-state index contributed by atoms with van der Waals surface area (Å²) in [6.07, 6.45) is 3.43. The first kappa shape index (κ1) is 13.1. The fourth-order valence-corrected chi connectivity index (χ4v) is 2.65. The molecule has 0 saturated heterocycles. The van der Waals surface area contributed by atoms with E-state index in [1.165, 1.54) is 5.56 Å². The van der Waals surface area contributed by atoms with E-state index in [1.807, 2.05) is 0 Å². The number of rotatable bonds is 3. The molecule has 0 saturated carbocycles. The minimum Gasteiger partial charge on any atom is -0.445 e. The number of ether oxygens (including phenoxy) is 1. The van der Waals surface area contributed by atoms with Gasteiger partial charge in [-0.1, -0.05) is 30.3 Å². The Labute approximate surface area is 110 Å². The summed E-state index contributed by atoms with van der Waals surface area (Å²) < 4.78 is 8.30. The van der Waals surface area contributed by atoms with Gasteiger partial charge >= 0.3 is 5.90 Å². The maximum atomic E-state index is 6.00. The average Bonchev–Trinajstić information content (AvgIpc) is 2.33. The van der Waals surface area contributed by atoms with Crippen molar-refractivity contribution >= 4 is 5.90 Å². The molecule has 1 unspecified atom stereocenters. The van der Waals surface area contributed by atoms with E-state index < -0.39 is 0 Å². The van der Waals surface area contributed by atoms with E-state index in [0.717, 1.165) is 25.2 Å². The zero-order chi connectivity index (χ0) is 13.2. The Morgan fingerprint density at radius 1 is 1.22 bits per heavy atom. The van der Waals surface area contributed by atoms with Gasteiger partial charge in [0, 0.05) is 20.3 Å². The van der Waals surface area contributed by atoms with E-state index in [1.54, 1.807) is 0 Å². The average molecular weight is 246 g/mol. The van der Waals surface area contributed by atoms with Gasteiger partial charge in [0.2, 0.25) is 0 Å². The molecule has 1 atom stereocenters. The van der Waals surface area contributed by atoms with E-state index >= 15 is 0 Å². The van der Waals surface area contributed by atoms with E-state index in [-0.39, 0.29) is 5.54 Å². The van der Waals surface area contributed by atoms with Gasteiger partial charge in [-0.25, -0.2) is 4.58 Å². The van der Waals surface area contributed by atoms with Gasteiger partial charge in [0.25, 0.3) is 0 Å². The van der Waals surface area contributed by atoms with E-state index in [4.69, 9.17) is 4.74 Å². The standard InChI is InChI=1S/C16H24NO/c1-13-12-16(2,3)17(4)15(18-13)11-10-14-8-6-5-7-9-14/h5-9,13H,10-12H2,1-4H3/q+1. The molecule has 1 aliphatic heterocycles. The minimum atomic E-state index is 0.198. The molecule has 1 aromatic rings. The van der Waals surface area contributed by atoms with Crippen LogP contribution in [0.4, 0.5) is 0 Å². The predicted octanol–water partition coefficient (Wildman–Crippen LogP) is 3.25. The van der Waals surface area contributed by atoms with Crippen LogP contribution < -0.4 is 0 Å². The molecule has 2 nitrogen and oxygen atoms in total. The maximum Gasteiger partial charge on any atom is 0.337 e. The molecule has 1 aromatic carbocycles. The number of benzene rings is 1. The summed E-state index contributed by atoms with van der Waals surface area (Å²) >= 11 is 0. The third-order valence-electron chi connectivity index (χ3n) is 3.88. The topological polar surface area (TPSA) is 12.2 Å². The zero-order valence-electron chi connectivity index (χ0n) is 11.9. The van der Waals surface area contributed by atoms with Gasteiger partial charge in [-0.15, -0.1) is 0 Å². The monoisotopic (exact) mass is 246 g/mol. The number of hydrogen-bond acceptors (Lipinski definition) is 1. The summed E-state index contributed by atoms with van der Waals surface area (Å²) in [4.78, 5) is 0. The normalized spacial score (nSPS) is 22.8. The molecule has 0 radical (unpaired) electrons. The highest BCUT2D eigenvalue weighted by molar-refractivity contribution is 5.72. The van der Waals surface area contributed by atoms with Crippen LogP contribution in [0.25, 0.3) is 0 Å². The fourth-order valence-electron chi connectivity index (χ4n) is 2.65. The second kappa shape index (κ2) is 5.13. The maximum absolute atomic E-state index is 6.00. The van der Waals surface area contributed by atoms with Crippen molar-refractivity contribution in [2.45, 2.75) is 51.7 Å². The number of aryl methyl sites for hydroxylation is 1. The van der Waals surface area contributed by atoms with Crippen LogP contribution in [0.5, 0.6) is 0 Å². The molecule has 0 N–H and O–H groups in total. The fraction of sp³-hybridized carbons (Fsp3) is 0.562. The molecule has 0 aromatic heterocycles. The molecule has 0 aliphatic carbocycles. The lowest BCUT2D eigenvalue weighted by Crippen LogP contribution is -2.47. The van der Waals surface area contributed by atoms with Gasteiger partial charge < -0.3 is 4.74 Å². The lowest BCUT2D eigenvalue weighted by molar-refractivity contribution is -0.595. The molecule has 0 fully saturated rings. The lowest BCUT2D eigenvalue weighted by Gasteiger charge is -2.31. The van der Waals surface area contributed by atoms with Gasteiger partial charge in [0.1, 0.15) is 13.2 Å². The SMILES string of the molecule is CC1CC(C)(C)[N+](C)=C(CCc2ccccc2)O1. The van der Waals surface area contributed by atoms with Gasteiger partial charge in [0.15, 0.2) is 5.54 Å². The van der Waals surface area contributed by atoms with Crippen molar-refractivity contribution in [2.24, 2.45) is 0 Å². The highest BCUT2D eigenvalue weighted by atomic mass is 16.5. The Hall–Kier alpha value is -1.31. The van der Waals surface area contributed by atoms with E-state index in [0.29, 0.717) is 6.10 Å². The van der Waals surface area contributed by atoms with Gasteiger partial charge in [-0.05, 0) is 18.9 Å². The first-order valence-corrected chi connectivity index (χ1v) is 6.79. The van der Waals surface area contributed by atoms with Crippen molar-refractivity contribution < 1.29 is 9.31 Å². The van der Waals surface area contributed by atoms with E-state index in [9.17, 15) is 0 Å². The summed E-state index contributed by atoms with van der Waals surface area (Å²) in [5.74, 6) is 1.13. The van der Waals surface area contributed by atoms with Crippen molar-refractivity contribution in [3.8, 4) is 0 Å². The second-order valence-corrected chi connectivity index (χ2v) is 5.88. The summed E-state index contributed by atoms with van der Waals surface area (Å²) in [6, 6.07) is 10.6. The van der Waals surface area contributed by atoms with Crippen LogP contribution >= 0.6 is 0 Å². The quantitative estimate of drug-likeness (QED) is 0.746. The molecule has 0 spiro atoms. The largest absolute Gasteiger partial charge is 0.445 e. The molecular formula is C16H24NO+. The van der Waals surface area contributed by atoms with Crippen LogP contribution in [0.1, 0.15) is 39.2 Å². The molecule has 1 aliphatic rings. The first-order chi connectivity index (χ1) is 8.49. The molecule has 1 heterocycles. The molecule has 2 heteroatoms.